The van der Waals surface area contributed by atoms with Crippen molar-refractivity contribution in [3.63, 3.8) is 0 Å². The van der Waals surface area contributed by atoms with E-state index in [1.807, 2.05) is 0 Å². The van der Waals surface area contributed by atoms with Gasteiger partial charge in [-0.15, -0.1) is 0 Å². The number of nitrogens with one attached hydrogen (secondary N) is 1. The van der Waals surface area contributed by atoms with Crippen LogP contribution >= 0.6 is 0 Å². The Labute approximate surface area is 99.9 Å². The van der Waals surface area contributed by atoms with Crippen LogP contribution in [0.25, 0.3) is 0 Å². The summed E-state index contributed by atoms with van der Waals surface area (Å²) >= 11 is 0. The van der Waals surface area contributed by atoms with Crippen LogP contribution in [0.3, 0.4) is 0 Å². The fourth-order valence-corrected chi connectivity index (χ4v) is 2.36. The summed E-state index contributed by atoms with van der Waals surface area (Å²) in [7, 11) is 0. The molecule has 0 aliphatic carbocycles. The summed E-state index contributed by atoms with van der Waals surface area (Å²) in [5.41, 5.74) is 0. The molecule has 1 amide bonds. The largest absolute Gasteiger partial charge is 0.480 e. The zero-order chi connectivity index (χ0) is 12.3. The van der Waals surface area contributed by atoms with E-state index in [0.29, 0.717) is 26.1 Å². The molecule has 2 N–H and O–H groups in total. The molecule has 2 fully saturated rings. The molecule has 96 valence electrons. The molecule has 2 heterocycles. The van der Waals surface area contributed by atoms with E-state index in [1.165, 1.54) is 4.90 Å². The van der Waals surface area contributed by atoms with Crippen molar-refractivity contribution in [2.75, 3.05) is 26.2 Å². The van der Waals surface area contributed by atoms with E-state index < -0.39 is 18.1 Å². The Morgan fingerprint density at radius 1 is 1.35 bits per heavy atom. The average molecular weight is 242 g/mol. The fourth-order valence-electron chi connectivity index (χ4n) is 2.36. The van der Waals surface area contributed by atoms with E-state index in [-0.39, 0.29) is 5.91 Å². The molecule has 2 rings (SSSR count). The topological polar surface area (TPSA) is 78.9 Å². The normalized spacial score (nSPS) is 30.0. The van der Waals surface area contributed by atoms with Crippen molar-refractivity contribution in [1.82, 2.24) is 10.2 Å². The van der Waals surface area contributed by atoms with Crippen LogP contribution in [-0.4, -0.2) is 60.3 Å². The van der Waals surface area contributed by atoms with Gasteiger partial charge in [0, 0.05) is 19.6 Å². The van der Waals surface area contributed by atoms with Crippen LogP contribution in [0, 0.1) is 0 Å². The number of morpholine rings is 1. The Bertz CT molecular complexity index is 302. The highest BCUT2D eigenvalue weighted by atomic mass is 16.5. The zero-order valence-electron chi connectivity index (χ0n) is 9.72. The smallest absolute Gasteiger partial charge is 0.326 e. The van der Waals surface area contributed by atoms with Gasteiger partial charge in [-0.2, -0.15) is 0 Å². The van der Waals surface area contributed by atoms with Gasteiger partial charge in [0.25, 0.3) is 5.91 Å². The van der Waals surface area contributed by atoms with Crippen LogP contribution in [-0.2, 0) is 14.3 Å². The Hall–Kier alpha value is -1.14. The monoisotopic (exact) mass is 242 g/mol. The van der Waals surface area contributed by atoms with Crippen molar-refractivity contribution in [3.05, 3.63) is 0 Å². The molecule has 0 spiro atoms. The third-order valence-electron chi connectivity index (χ3n) is 3.27. The molecule has 0 saturated carbocycles. The molecule has 6 heteroatoms. The summed E-state index contributed by atoms with van der Waals surface area (Å²) in [6.45, 7) is 2.24. The van der Waals surface area contributed by atoms with Crippen LogP contribution in [0.4, 0.5) is 0 Å². The quantitative estimate of drug-likeness (QED) is 0.678. The molecule has 0 radical (unpaired) electrons. The van der Waals surface area contributed by atoms with E-state index in [9.17, 15) is 9.59 Å². The summed E-state index contributed by atoms with van der Waals surface area (Å²) in [6.07, 6.45) is 1.75. The first kappa shape index (κ1) is 12.3. The van der Waals surface area contributed by atoms with Crippen LogP contribution in [0.2, 0.25) is 0 Å². The maximum absolute atomic E-state index is 12.2. The van der Waals surface area contributed by atoms with Crippen LogP contribution in [0.5, 0.6) is 0 Å². The first-order chi connectivity index (χ1) is 8.20. The molecule has 0 aromatic carbocycles. The molecule has 2 aliphatic rings. The number of piperidine rings is 1. The summed E-state index contributed by atoms with van der Waals surface area (Å²) in [5.74, 6) is -1.11. The minimum Gasteiger partial charge on any atom is -0.480 e. The van der Waals surface area contributed by atoms with E-state index in [4.69, 9.17) is 9.84 Å². The van der Waals surface area contributed by atoms with Gasteiger partial charge in [0.1, 0.15) is 12.1 Å². The summed E-state index contributed by atoms with van der Waals surface area (Å²) in [5, 5.41) is 12.2. The van der Waals surface area contributed by atoms with Gasteiger partial charge in [0.15, 0.2) is 0 Å². The van der Waals surface area contributed by atoms with Crippen molar-refractivity contribution < 1.29 is 19.4 Å². The molecule has 2 aliphatic heterocycles. The van der Waals surface area contributed by atoms with Gasteiger partial charge in [-0.1, -0.05) is 0 Å². The van der Waals surface area contributed by atoms with E-state index in [2.05, 4.69) is 5.32 Å². The molecule has 2 saturated heterocycles. The van der Waals surface area contributed by atoms with Gasteiger partial charge in [0.2, 0.25) is 0 Å². The number of carboxylic acids is 1. The maximum Gasteiger partial charge on any atom is 0.326 e. The lowest BCUT2D eigenvalue weighted by atomic mass is 10.0. The SMILES string of the molecule is O=C(O)C1CCCCN1C(=O)C1CNCCO1. The first-order valence-electron chi connectivity index (χ1n) is 6.06. The number of likely N-dealkylation sites (tertiary alicyclic amines) is 1. The number of carboxylic acid groups (broad SMARTS) is 1. The van der Waals surface area contributed by atoms with Gasteiger partial charge < -0.3 is 20.1 Å². The molecule has 0 bridgehead atoms. The second kappa shape index (κ2) is 5.46. The Balaban J connectivity index is 2.02. The lowest BCUT2D eigenvalue weighted by Gasteiger charge is -2.36. The number of carbonyl (C=O) groups is 2. The number of carbonyl (C=O) groups excluding carboxylic acids is 1. The summed E-state index contributed by atoms with van der Waals surface area (Å²) < 4.78 is 5.37. The second-order valence-electron chi connectivity index (χ2n) is 4.45. The van der Waals surface area contributed by atoms with Crippen LogP contribution in [0.15, 0.2) is 0 Å². The van der Waals surface area contributed by atoms with E-state index in [1.54, 1.807) is 0 Å². The third kappa shape index (κ3) is 2.76. The highest BCUT2D eigenvalue weighted by Gasteiger charge is 2.36. The standard InChI is InChI=1S/C11H18N2O4/c14-10(9-7-12-4-6-17-9)13-5-2-1-3-8(13)11(15)16/h8-9,12H,1-7H2,(H,15,16). The average Bonchev–Trinajstić information content (AvgIpc) is 2.39. The summed E-state index contributed by atoms with van der Waals surface area (Å²) in [4.78, 5) is 24.7. The molecular formula is C11H18N2O4. The first-order valence-corrected chi connectivity index (χ1v) is 6.06. The van der Waals surface area contributed by atoms with Crippen LogP contribution in [0.1, 0.15) is 19.3 Å². The van der Waals surface area contributed by atoms with Gasteiger partial charge in [-0.3, -0.25) is 4.79 Å². The predicted octanol–water partition coefficient (Wildman–Crippen LogP) is -0.559. The van der Waals surface area contributed by atoms with Crippen molar-refractivity contribution in [3.8, 4) is 0 Å². The van der Waals surface area contributed by atoms with Gasteiger partial charge in [0.05, 0.1) is 6.61 Å². The number of hydrogen-bond donors (Lipinski definition) is 2. The van der Waals surface area contributed by atoms with E-state index in [0.717, 1.165) is 19.4 Å². The molecular weight excluding hydrogens is 224 g/mol. The summed E-state index contributed by atoms with van der Waals surface area (Å²) in [6, 6.07) is -0.679. The number of amides is 1. The minimum absolute atomic E-state index is 0.190. The molecule has 2 unspecified atom stereocenters. The number of aliphatic carboxylic acids is 1. The fraction of sp³-hybridized carbons (Fsp3) is 0.818. The second-order valence-corrected chi connectivity index (χ2v) is 4.45. The lowest BCUT2D eigenvalue weighted by Crippen LogP contribution is -2.55. The van der Waals surface area contributed by atoms with Crippen molar-refractivity contribution >= 4 is 11.9 Å². The zero-order valence-corrected chi connectivity index (χ0v) is 9.72. The highest BCUT2D eigenvalue weighted by Crippen LogP contribution is 2.19. The molecule has 0 aromatic rings. The Morgan fingerprint density at radius 2 is 2.18 bits per heavy atom. The third-order valence-corrected chi connectivity index (χ3v) is 3.27. The lowest BCUT2D eigenvalue weighted by molar-refractivity contribution is -0.158. The van der Waals surface area contributed by atoms with E-state index >= 15 is 0 Å². The van der Waals surface area contributed by atoms with Gasteiger partial charge >= 0.3 is 5.97 Å². The highest BCUT2D eigenvalue weighted by molar-refractivity contribution is 5.86. The molecule has 17 heavy (non-hydrogen) atoms. The van der Waals surface area contributed by atoms with Gasteiger partial charge in [-0.25, -0.2) is 4.79 Å². The van der Waals surface area contributed by atoms with Gasteiger partial charge in [-0.05, 0) is 19.3 Å². The Morgan fingerprint density at radius 3 is 2.82 bits per heavy atom. The van der Waals surface area contributed by atoms with Crippen molar-refractivity contribution in [2.24, 2.45) is 0 Å². The predicted molar refractivity (Wildman–Crippen MR) is 59.6 cm³/mol. The Kier molecular flexibility index (Phi) is 3.96. The maximum atomic E-state index is 12.2. The van der Waals surface area contributed by atoms with Crippen LogP contribution < -0.4 is 5.32 Å². The van der Waals surface area contributed by atoms with Crippen molar-refractivity contribution in [1.29, 1.82) is 0 Å². The number of rotatable bonds is 2. The molecule has 2 atom stereocenters. The number of ether oxygens (including phenoxy) is 1. The number of hydrogen-bond acceptors (Lipinski definition) is 4. The van der Waals surface area contributed by atoms with Crippen molar-refractivity contribution in [2.45, 2.75) is 31.4 Å². The minimum atomic E-state index is -0.915. The molecule has 0 aromatic heterocycles. The molecule has 6 nitrogen and oxygen atoms in total. The number of nitrogens with zero attached hydrogens (tertiary/aromatic N) is 1.